The van der Waals surface area contributed by atoms with E-state index < -0.39 is 0 Å². The Balaban J connectivity index is 2.20. The van der Waals surface area contributed by atoms with Crippen LogP contribution in [0, 0.1) is 19.8 Å². The number of hydrogen-bond donors (Lipinski definition) is 1. The molecule has 2 heterocycles. The highest BCUT2D eigenvalue weighted by molar-refractivity contribution is 7.99. The lowest BCUT2D eigenvalue weighted by Gasteiger charge is -2.09. The van der Waals surface area contributed by atoms with Crippen molar-refractivity contribution in [1.82, 2.24) is 29.9 Å². The Morgan fingerprint density at radius 1 is 1.19 bits per heavy atom. The van der Waals surface area contributed by atoms with Crippen molar-refractivity contribution in [3.05, 3.63) is 17.1 Å². The maximum absolute atomic E-state index is 4.54. The molecule has 0 bridgehead atoms. The van der Waals surface area contributed by atoms with Gasteiger partial charge in [-0.2, -0.15) is 5.10 Å². The van der Waals surface area contributed by atoms with Gasteiger partial charge >= 0.3 is 0 Å². The van der Waals surface area contributed by atoms with Crippen LogP contribution in [-0.2, 0) is 20.6 Å². The van der Waals surface area contributed by atoms with E-state index in [1.165, 1.54) is 5.56 Å². The Morgan fingerprint density at radius 2 is 1.90 bits per heavy atom. The Hall–Kier alpha value is -1.34. The average Bonchev–Trinajstić information content (AvgIpc) is 2.85. The molecule has 7 heteroatoms. The van der Waals surface area contributed by atoms with Gasteiger partial charge in [-0.1, -0.05) is 13.8 Å². The summed E-state index contributed by atoms with van der Waals surface area (Å²) < 4.78 is 3.93. The van der Waals surface area contributed by atoms with Gasteiger partial charge in [-0.25, -0.2) is 0 Å². The van der Waals surface area contributed by atoms with Crippen LogP contribution in [0.4, 0.5) is 0 Å². The van der Waals surface area contributed by atoms with Crippen LogP contribution in [0.3, 0.4) is 0 Å². The van der Waals surface area contributed by atoms with E-state index in [0.717, 1.165) is 34.8 Å². The van der Waals surface area contributed by atoms with Crippen molar-refractivity contribution < 1.29 is 0 Å². The van der Waals surface area contributed by atoms with Gasteiger partial charge in [0.15, 0.2) is 5.16 Å². The second-order valence-electron chi connectivity index (χ2n) is 5.71. The molecule has 0 unspecified atom stereocenters. The zero-order chi connectivity index (χ0) is 15.6. The molecule has 0 saturated heterocycles. The SMILES string of the molecule is Cc1nn(C)c(Sc2nnc(C)n2C)c1CNCC(C)C. The summed E-state index contributed by atoms with van der Waals surface area (Å²) >= 11 is 1.62. The highest BCUT2D eigenvalue weighted by Crippen LogP contribution is 2.30. The molecule has 2 aromatic rings. The van der Waals surface area contributed by atoms with Crippen molar-refractivity contribution >= 4 is 11.8 Å². The number of aryl methyl sites for hydroxylation is 3. The summed E-state index contributed by atoms with van der Waals surface area (Å²) in [5.41, 5.74) is 2.30. The highest BCUT2D eigenvalue weighted by Gasteiger charge is 2.17. The van der Waals surface area contributed by atoms with E-state index in [0.29, 0.717) is 5.92 Å². The number of nitrogens with one attached hydrogen (secondary N) is 1. The van der Waals surface area contributed by atoms with Crippen LogP contribution in [0.15, 0.2) is 10.2 Å². The summed E-state index contributed by atoms with van der Waals surface area (Å²) in [5, 5.41) is 18.4. The first-order valence-corrected chi connectivity index (χ1v) is 7.98. The summed E-state index contributed by atoms with van der Waals surface area (Å²) in [6.45, 7) is 10.3. The van der Waals surface area contributed by atoms with Crippen molar-refractivity contribution in [1.29, 1.82) is 0 Å². The molecule has 116 valence electrons. The van der Waals surface area contributed by atoms with Crippen LogP contribution < -0.4 is 5.32 Å². The number of nitrogens with zero attached hydrogens (tertiary/aromatic N) is 5. The van der Waals surface area contributed by atoms with E-state index in [9.17, 15) is 0 Å². The van der Waals surface area contributed by atoms with Gasteiger partial charge < -0.3 is 9.88 Å². The van der Waals surface area contributed by atoms with Crippen molar-refractivity contribution in [2.75, 3.05) is 6.54 Å². The van der Waals surface area contributed by atoms with Crippen molar-refractivity contribution in [2.24, 2.45) is 20.0 Å². The molecule has 0 amide bonds. The third-order valence-electron chi connectivity index (χ3n) is 3.38. The molecule has 0 saturated carbocycles. The minimum atomic E-state index is 0.638. The zero-order valence-electron chi connectivity index (χ0n) is 13.6. The topological polar surface area (TPSA) is 60.6 Å². The third-order valence-corrected chi connectivity index (χ3v) is 4.63. The molecule has 0 aliphatic carbocycles. The molecule has 1 N–H and O–H groups in total. The van der Waals surface area contributed by atoms with Gasteiger partial charge in [-0.3, -0.25) is 4.68 Å². The number of rotatable bonds is 6. The first kappa shape index (κ1) is 16.0. The quantitative estimate of drug-likeness (QED) is 0.885. The normalized spacial score (nSPS) is 11.6. The van der Waals surface area contributed by atoms with Gasteiger partial charge in [0.05, 0.1) is 5.69 Å². The molecule has 2 aromatic heterocycles. The van der Waals surface area contributed by atoms with Crippen LogP contribution >= 0.6 is 11.8 Å². The summed E-state index contributed by atoms with van der Waals surface area (Å²) in [5.74, 6) is 1.55. The Morgan fingerprint density at radius 3 is 2.48 bits per heavy atom. The lowest BCUT2D eigenvalue weighted by atomic mass is 10.2. The summed E-state index contributed by atoms with van der Waals surface area (Å²) in [7, 11) is 3.96. The smallest absolute Gasteiger partial charge is 0.197 e. The molecular formula is C14H24N6S. The lowest BCUT2D eigenvalue weighted by molar-refractivity contribution is 0.547. The maximum Gasteiger partial charge on any atom is 0.197 e. The molecule has 0 aromatic carbocycles. The van der Waals surface area contributed by atoms with Crippen LogP contribution in [0.2, 0.25) is 0 Å². The van der Waals surface area contributed by atoms with Gasteiger partial charge in [0, 0.05) is 26.2 Å². The van der Waals surface area contributed by atoms with E-state index in [4.69, 9.17) is 0 Å². The lowest BCUT2D eigenvalue weighted by Crippen LogP contribution is -2.19. The fraction of sp³-hybridized carbons (Fsp3) is 0.643. The maximum atomic E-state index is 4.54. The monoisotopic (exact) mass is 308 g/mol. The van der Waals surface area contributed by atoms with E-state index >= 15 is 0 Å². The third kappa shape index (κ3) is 3.65. The standard InChI is InChI=1S/C14H24N6S/c1-9(2)7-15-8-12-10(3)18-20(6)13(12)21-14-17-16-11(4)19(14)5/h9,15H,7-8H2,1-6H3. The molecule has 0 spiro atoms. The minimum absolute atomic E-state index is 0.638. The van der Waals surface area contributed by atoms with Crippen LogP contribution in [0.25, 0.3) is 0 Å². The van der Waals surface area contributed by atoms with Gasteiger partial charge in [0.25, 0.3) is 0 Å². The Labute approximate surface area is 130 Å². The van der Waals surface area contributed by atoms with E-state index in [2.05, 4.69) is 41.4 Å². The minimum Gasteiger partial charge on any atom is -0.312 e. The molecule has 21 heavy (non-hydrogen) atoms. The largest absolute Gasteiger partial charge is 0.312 e. The first-order chi connectivity index (χ1) is 9.90. The number of aromatic nitrogens is 5. The molecule has 0 fully saturated rings. The summed E-state index contributed by atoms with van der Waals surface area (Å²) in [4.78, 5) is 0. The van der Waals surface area contributed by atoms with E-state index in [1.807, 2.05) is 30.3 Å². The summed E-state index contributed by atoms with van der Waals surface area (Å²) in [6.07, 6.45) is 0. The van der Waals surface area contributed by atoms with Crippen molar-refractivity contribution in [2.45, 2.75) is 44.4 Å². The van der Waals surface area contributed by atoms with Crippen LogP contribution in [0.1, 0.15) is 30.9 Å². The van der Waals surface area contributed by atoms with Crippen LogP contribution in [0.5, 0.6) is 0 Å². The molecular weight excluding hydrogens is 284 g/mol. The molecule has 2 rings (SSSR count). The second kappa shape index (κ2) is 6.62. The van der Waals surface area contributed by atoms with E-state index in [1.54, 1.807) is 11.8 Å². The van der Waals surface area contributed by atoms with E-state index in [-0.39, 0.29) is 0 Å². The highest BCUT2D eigenvalue weighted by atomic mass is 32.2. The Kier molecular flexibility index (Phi) is 5.05. The summed E-state index contributed by atoms with van der Waals surface area (Å²) in [6, 6.07) is 0. The first-order valence-electron chi connectivity index (χ1n) is 7.17. The zero-order valence-corrected chi connectivity index (χ0v) is 14.5. The van der Waals surface area contributed by atoms with Crippen LogP contribution in [-0.4, -0.2) is 31.1 Å². The second-order valence-corrected chi connectivity index (χ2v) is 6.66. The van der Waals surface area contributed by atoms with Gasteiger partial charge in [-0.15, -0.1) is 10.2 Å². The van der Waals surface area contributed by atoms with Crippen molar-refractivity contribution in [3.63, 3.8) is 0 Å². The molecule has 0 radical (unpaired) electrons. The van der Waals surface area contributed by atoms with Gasteiger partial charge in [-0.05, 0) is 38.1 Å². The fourth-order valence-corrected chi connectivity index (χ4v) is 3.10. The fourth-order valence-electron chi connectivity index (χ4n) is 2.06. The average molecular weight is 308 g/mol. The molecule has 0 aliphatic rings. The van der Waals surface area contributed by atoms with Gasteiger partial charge in [0.1, 0.15) is 10.9 Å². The van der Waals surface area contributed by atoms with Crippen molar-refractivity contribution in [3.8, 4) is 0 Å². The predicted octanol–water partition coefficient (Wildman–Crippen LogP) is 2.06. The van der Waals surface area contributed by atoms with Gasteiger partial charge in [0.2, 0.25) is 0 Å². The Bertz CT molecular complexity index is 613. The predicted molar refractivity (Wildman–Crippen MR) is 84.4 cm³/mol. The number of hydrogen-bond acceptors (Lipinski definition) is 5. The molecule has 0 atom stereocenters. The molecule has 6 nitrogen and oxygen atoms in total. The molecule has 0 aliphatic heterocycles.